The lowest BCUT2D eigenvalue weighted by Gasteiger charge is -2.22. The van der Waals surface area contributed by atoms with Gasteiger partial charge in [-0.05, 0) is 5.56 Å². The number of halogens is 3. The Morgan fingerprint density at radius 1 is 1.17 bits per heavy atom. The van der Waals surface area contributed by atoms with Crippen molar-refractivity contribution in [2.45, 2.75) is 19.1 Å². The number of benzene rings is 1. The van der Waals surface area contributed by atoms with Crippen LogP contribution in [0.1, 0.15) is 32.9 Å². The first-order valence-corrected chi connectivity index (χ1v) is 6.98. The molecule has 0 unspecified atom stereocenters. The summed E-state index contributed by atoms with van der Waals surface area (Å²) in [5.41, 5.74) is 0.409. The van der Waals surface area contributed by atoms with Crippen molar-refractivity contribution in [1.82, 2.24) is 4.90 Å². The Labute approximate surface area is 135 Å². The molecule has 24 heavy (non-hydrogen) atoms. The van der Waals surface area contributed by atoms with E-state index in [1.54, 1.807) is 30.3 Å². The van der Waals surface area contributed by atoms with E-state index in [9.17, 15) is 22.8 Å². The summed E-state index contributed by atoms with van der Waals surface area (Å²) in [6.07, 6.45) is -4.71. The summed E-state index contributed by atoms with van der Waals surface area (Å²) >= 11 is 0. The minimum Gasteiger partial charge on any atom is -0.478 e. The first-order chi connectivity index (χ1) is 11.3. The van der Waals surface area contributed by atoms with Crippen LogP contribution in [0.2, 0.25) is 0 Å². The third kappa shape index (κ3) is 4.87. The van der Waals surface area contributed by atoms with Crippen LogP contribution in [0.15, 0.2) is 47.1 Å². The number of amides is 1. The topological polar surface area (TPSA) is 70.7 Å². The predicted molar refractivity (Wildman–Crippen MR) is 77.5 cm³/mol. The summed E-state index contributed by atoms with van der Waals surface area (Å²) in [4.78, 5) is 24.2. The molecule has 1 aromatic carbocycles. The van der Waals surface area contributed by atoms with Crippen molar-refractivity contribution >= 4 is 11.9 Å². The summed E-state index contributed by atoms with van der Waals surface area (Å²) < 4.78 is 42.4. The van der Waals surface area contributed by atoms with Crippen LogP contribution in [-0.4, -0.2) is 34.6 Å². The highest BCUT2D eigenvalue weighted by Crippen LogP contribution is 2.22. The van der Waals surface area contributed by atoms with Gasteiger partial charge >= 0.3 is 12.1 Å². The first-order valence-electron chi connectivity index (χ1n) is 6.98. The lowest BCUT2D eigenvalue weighted by atomic mass is 10.2. The molecule has 2 aromatic rings. The van der Waals surface area contributed by atoms with Crippen LogP contribution in [0.3, 0.4) is 0 Å². The molecule has 1 amide bonds. The fourth-order valence-corrected chi connectivity index (χ4v) is 2.03. The molecule has 0 aliphatic rings. The van der Waals surface area contributed by atoms with Gasteiger partial charge in [0.2, 0.25) is 0 Å². The molecule has 1 heterocycles. The van der Waals surface area contributed by atoms with Gasteiger partial charge in [0, 0.05) is 19.2 Å². The Balaban J connectivity index is 2.19. The van der Waals surface area contributed by atoms with E-state index in [2.05, 4.69) is 0 Å². The number of carboxylic acids is 1. The number of aromatic carboxylic acids is 1. The molecule has 128 valence electrons. The monoisotopic (exact) mass is 341 g/mol. The van der Waals surface area contributed by atoms with Crippen LogP contribution in [0.4, 0.5) is 13.2 Å². The molecule has 1 N–H and O–H groups in total. The van der Waals surface area contributed by atoms with Crippen LogP contribution in [0.25, 0.3) is 0 Å². The zero-order valence-corrected chi connectivity index (χ0v) is 12.4. The SMILES string of the molecule is O=C(O)c1coc(C(=O)N(CCC(F)(F)F)Cc2ccccc2)c1. The number of rotatable bonds is 6. The van der Waals surface area contributed by atoms with Gasteiger partial charge in [0.25, 0.3) is 5.91 Å². The maximum Gasteiger partial charge on any atom is 0.390 e. The number of hydrogen-bond acceptors (Lipinski definition) is 3. The molecule has 1 aromatic heterocycles. The molecular formula is C16H14F3NO4. The Bertz CT molecular complexity index is 710. The standard InChI is InChI=1S/C16H14F3NO4/c17-16(18,19)6-7-20(9-11-4-2-1-3-5-11)14(21)13-8-12(10-24-13)15(22)23/h1-5,8,10H,6-7,9H2,(H,22,23). The van der Waals surface area contributed by atoms with Gasteiger partial charge in [0.1, 0.15) is 6.26 Å². The van der Waals surface area contributed by atoms with Crippen LogP contribution < -0.4 is 0 Å². The zero-order chi connectivity index (χ0) is 17.7. The molecule has 0 saturated heterocycles. The number of alkyl halides is 3. The van der Waals surface area contributed by atoms with Crippen LogP contribution in [0, 0.1) is 0 Å². The van der Waals surface area contributed by atoms with Gasteiger partial charge in [-0.2, -0.15) is 13.2 Å². The van der Waals surface area contributed by atoms with Crippen molar-refractivity contribution in [3.63, 3.8) is 0 Å². The minimum absolute atomic E-state index is 0.0428. The molecule has 0 spiro atoms. The number of furan rings is 1. The van der Waals surface area contributed by atoms with Gasteiger partial charge in [-0.3, -0.25) is 4.79 Å². The highest BCUT2D eigenvalue weighted by molar-refractivity contribution is 5.95. The van der Waals surface area contributed by atoms with Gasteiger partial charge in [-0.25, -0.2) is 4.79 Å². The van der Waals surface area contributed by atoms with Crippen LogP contribution in [-0.2, 0) is 6.54 Å². The molecule has 0 fully saturated rings. The second kappa shape index (κ2) is 7.20. The molecule has 0 bridgehead atoms. The van der Waals surface area contributed by atoms with Crippen molar-refractivity contribution in [2.24, 2.45) is 0 Å². The average Bonchev–Trinajstić information content (AvgIpc) is 3.01. The number of hydrogen-bond donors (Lipinski definition) is 1. The number of carbonyl (C=O) groups is 2. The second-order valence-corrected chi connectivity index (χ2v) is 5.08. The maximum absolute atomic E-state index is 12.5. The third-order valence-electron chi connectivity index (χ3n) is 3.23. The quantitative estimate of drug-likeness (QED) is 0.872. The van der Waals surface area contributed by atoms with Gasteiger partial charge < -0.3 is 14.4 Å². The average molecular weight is 341 g/mol. The van der Waals surface area contributed by atoms with Gasteiger partial charge in [-0.1, -0.05) is 30.3 Å². The highest BCUT2D eigenvalue weighted by Gasteiger charge is 2.30. The molecule has 0 aliphatic carbocycles. The van der Waals surface area contributed by atoms with Gasteiger partial charge in [0.15, 0.2) is 5.76 Å². The predicted octanol–water partition coefficient (Wildman–Crippen LogP) is 3.57. The number of carboxylic acid groups (broad SMARTS) is 1. The van der Waals surface area contributed by atoms with E-state index >= 15 is 0 Å². The normalized spacial score (nSPS) is 11.3. The number of carbonyl (C=O) groups excluding carboxylic acids is 1. The highest BCUT2D eigenvalue weighted by atomic mass is 19.4. The summed E-state index contributed by atoms with van der Waals surface area (Å²) in [5.74, 6) is -2.40. The van der Waals surface area contributed by atoms with E-state index in [1.165, 1.54) is 0 Å². The first kappa shape index (κ1) is 17.6. The van der Waals surface area contributed by atoms with E-state index < -0.39 is 31.0 Å². The summed E-state index contributed by atoms with van der Waals surface area (Å²) in [7, 11) is 0. The van der Waals surface area contributed by atoms with Crippen molar-refractivity contribution in [2.75, 3.05) is 6.54 Å². The number of nitrogens with zero attached hydrogens (tertiary/aromatic N) is 1. The van der Waals surface area contributed by atoms with E-state index in [4.69, 9.17) is 9.52 Å². The molecule has 2 rings (SSSR count). The largest absolute Gasteiger partial charge is 0.478 e. The molecule has 8 heteroatoms. The Hall–Kier alpha value is -2.77. The van der Waals surface area contributed by atoms with Crippen molar-refractivity contribution in [3.05, 3.63) is 59.5 Å². The summed E-state index contributed by atoms with van der Waals surface area (Å²) in [6, 6.07) is 9.51. The van der Waals surface area contributed by atoms with Crippen LogP contribution >= 0.6 is 0 Å². The molecular weight excluding hydrogens is 327 g/mol. The van der Waals surface area contributed by atoms with Gasteiger partial charge in [-0.15, -0.1) is 0 Å². The molecule has 0 radical (unpaired) electrons. The van der Waals surface area contributed by atoms with Crippen molar-refractivity contribution < 1.29 is 32.3 Å². The third-order valence-corrected chi connectivity index (χ3v) is 3.23. The fourth-order valence-electron chi connectivity index (χ4n) is 2.03. The van der Waals surface area contributed by atoms with Gasteiger partial charge in [0.05, 0.1) is 12.0 Å². The van der Waals surface area contributed by atoms with E-state index in [0.29, 0.717) is 5.56 Å². The Morgan fingerprint density at radius 2 is 1.83 bits per heavy atom. The lowest BCUT2D eigenvalue weighted by molar-refractivity contribution is -0.136. The minimum atomic E-state index is -4.41. The lowest BCUT2D eigenvalue weighted by Crippen LogP contribution is -2.33. The van der Waals surface area contributed by atoms with E-state index in [1.807, 2.05) is 0 Å². The van der Waals surface area contributed by atoms with E-state index in [-0.39, 0.29) is 17.9 Å². The Kier molecular flexibility index (Phi) is 5.28. The second-order valence-electron chi connectivity index (χ2n) is 5.08. The fraction of sp³-hybridized carbons (Fsp3) is 0.250. The van der Waals surface area contributed by atoms with Crippen LogP contribution in [0.5, 0.6) is 0 Å². The molecule has 0 aliphatic heterocycles. The smallest absolute Gasteiger partial charge is 0.390 e. The molecule has 5 nitrogen and oxygen atoms in total. The molecule has 0 atom stereocenters. The zero-order valence-electron chi connectivity index (χ0n) is 12.4. The maximum atomic E-state index is 12.5. The Morgan fingerprint density at radius 3 is 2.38 bits per heavy atom. The van der Waals surface area contributed by atoms with Crippen molar-refractivity contribution in [3.8, 4) is 0 Å². The van der Waals surface area contributed by atoms with Crippen molar-refractivity contribution in [1.29, 1.82) is 0 Å². The van der Waals surface area contributed by atoms with E-state index in [0.717, 1.165) is 17.2 Å². The summed E-state index contributed by atoms with van der Waals surface area (Å²) in [5, 5.41) is 8.83. The summed E-state index contributed by atoms with van der Waals surface area (Å²) in [6.45, 7) is -0.598. The molecule has 0 saturated carbocycles.